The maximum atomic E-state index is 13.2. The van der Waals surface area contributed by atoms with Gasteiger partial charge in [0.15, 0.2) is 0 Å². The molecule has 0 aliphatic carbocycles. The van der Waals surface area contributed by atoms with Crippen molar-refractivity contribution in [1.82, 2.24) is 15.1 Å². The molecule has 0 atom stereocenters. The summed E-state index contributed by atoms with van der Waals surface area (Å²) >= 11 is 1.33. The van der Waals surface area contributed by atoms with E-state index in [1.165, 1.54) is 23.5 Å². The maximum Gasteiger partial charge on any atom is 0.265 e. The van der Waals surface area contributed by atoms with Gasteiger partial charge in [-0.25, -0.2) is 4.39 Å². The number of thiophene rings is 1. The summed E-state index contributed by atoms with van der Waals surface area (Å²) in [6.07, 6.45) is 0. The standard InChI is InChI=1S/C24H23FN4O2S/c1-14(2)26-22(30)18-6-4-5-7-20(18)27-23(31)21-12-19-15(3)28-29(24(19)32-21)13-16-8-10-17(25)11-9-16/h4-12,14H,13H2,1-3H3,(H,26,30)(H,27,31). The number of anilines is 1. The minimum Gasteiger partial charge on any atom is -0.350 e. The number of carbonyl (C=O) groups excluding carboxylic acids is 2. The molecular formula is C24H23FN4O2S. The van der Waals surface area contributed by atoms with E-state index in [1.54, 1.807) is 36.4 Å². The predicted octanol–water partition coefficient (Wildman–Crippen LogP) is 4.98. The molecule has 0 unspecified atom stereocenters. The largest absolute Gasteiger partial charge is 0.350 e. The fourth-order valence-electron chi connectivity index (χ4n) is 3.41. The van der Waals surface area contributed by atoms with Gasteiger partial charge in [0.1, 0.15) is 10.6 Å². The number of rotatable bonds is 6. The van der Waals surface area contributed by atoms with E-state index in [2.05, 4.69) is 15.7 Å². The number of hydrogen-bond donors (Lipinski definition) is 2. The highest BCUT2D eigenvalue weighted by Gasteiger charge is 2.19. The first-order valence-corrected chi connectivity index (χ1v) is 11.1. The first-order chi connectivity index (χ1) is 15.3. The molecule has 0 radical (unpaired) electrons. The first-order valence-electron chi connectivity index (χ1n) is 10.2. The van der Waals surface area contributed by atoms with Crippen LogP contribution in [0.5, 0.6) is 0 Å². The van der Waals surface area contributed by atoms with Crippen molar-refractivity contribution in [2.75, 3.05) is 5.32 Å². The summed E-state index contributed by atoms with van der Waals surface area (Å²) in [6, 6.07) is 15.0. The van der Waals surface area contributed by atoms with Crippen molar-refractivity contribution >= 4 is 39.1 Å². The van der Waals surface area contributed by atoms with Gasteiger partial charge in [0.05, 0.1) is 28.4 Å². The number of aromatic nitrogens is 2. The number of para-hydroxylation sites is 1. The quantitative estimate of drug-likeness (QED) is 0.435. The Kier molecular flexibility index (Phi) is 6.05. The summed E-state index contributed by atoms with van der Waals surface area (Å²) in [5, 5.41) is 11.2. The molecule has 0 aliphatic rings. The summed E-state index contributed by atoms with van der Waals surface area (Å²) in [6.45, 7) is 6.13. The molecule has 32 heavy (non-hydrogen) atoms. The number of carbonyl (C=O) groups is 2. The Balaban J connectivity index is 1.59. The molecule has 0 saturated heterocycles. The van der Waals surface area contributed by atoms with Gasteiger partial charge >= 0.3 is 0 Å². The van der Waals surface area contributed by atoms with Gasteiger partial charge < -0.3 is 10.6 Å². The number of amides is 2. The van der Waals surface area contributed by atoms with E-state index in [4.69, 9.17) is 0 Å². The topological polar surface area (TPSA) is 76.0 Å². The van der Waals surface area contributed by atoms with Gasteiger partial charge in [-0.3, -0.25) is 14.3 Å². The number of nitrogens with zero attached hydrogens (tertiary/aromatic N) is 2. The number of hydrogen-bond acceptors (Lipinski definition) is 4. The van der Waals surface area contributed by atoms with E-state index in [1.807, 2.05) is 31.5 Å². The van der Waals surface area contributed by atoms with E-state index in [0.717, 1.165) is 21.5 Å². The first kappa shape index (κ1) is 21.7. The van der Waals surface area contributed by atoms with Crippen molar-refractivity contribution in [3.05, 3.63) is 82.1 Å². The van der Waals surface area contributed by atoms with Gasteiger partial charge in [-0.05, 0) is 56.7 Å². The van der Waals surface area contributed by atoms with Crippen LogP contribution in [0.15, 0.2) is 54.6 Å². The lowest BCUT2D eigenvalue weighted by molar-refractivity contribution is 0.0944. The van der Waals surface area contributed by atoms with E-state index >= 15 is 0 Å². The molecule has 2 N–H and O–H groups in total. The van der Waals surface area contributed by atoms with Crippen molar-refractivity contribution in [1.29, 1.82) is 0 Å². The molecule has 164 valence electrons. The molecule has 0 saturated carbocycles. The monoisotopic (exact) mass is 450 g/mol. The number of fused-ring (bicyclic) bond motifs is 1. The second kappa shape index (κ2) is 8.92. The Morgan fingerprint density at radius 1 is 1.09 bits per heavy atom. The zero-order valence-electron chi connectivity index (χ0n) is 18.0. The third kappa shape index (κ3) is 4.55. The molecule has 0 fully saturated rings. The van der Waals surface area contributed by atoms with Crippen LogP contribution in [0.2, 0.25) is 0 Å². The van der Waals surface area contributed by atoms with Crippen LogP contribution in [-0.4, -0.2) is 27.6 Å². The summed E-state index contributed by atoms with van der Waals surface area (Å²) < 4.78 is 15.0. The number of benzene rings is 2. The van der Waals surface area contributed by atoms with Crippen LogP contribution < -0.4 is 10.6 Å². The van der Waals surface area contributed by atoms with Gasteiger partial charge in [0, 0.05) is 11.4 Å². The minimum atomic E-state index is -0.288. The van der Waals surface area contributed by atoms with Gasteiger partial charge in [0.2, 0.25) is 0 Å². The van der Waals surface area contributed by atoms with Crippen LogP contribution in [-0.2, 0) is 6.54 Å². The van der Waals surface area contributed by atoms with Crippen molar-refractivity contribution in [2.45, 2.75) is 33.4 Å². The molecule has 4 aromatic rings. The van der Waals surface area contributed by atoms with Crippen LogP contribution in [0.4, 0.5) is 10.1 Å². The van der Waals surface area contributed by atoms with Crippen LogP contribution >= 0.6 is 11.3 Å². The SMILES string of the molecule is Cc1nn(Cc2ccc(F)cc2)c2sc(C(=O)Nc3ccccc3C(=O)NC(C)C)cc12. The molecule has 4 rings (SSSR count). The Morgan fingerprint density at radius 2 is 1.81 bits per heavy atom. The van der Waals surface area contributed by atoms with Gasteiger partial charge in [0.25, 0.3) is 11.8 Å². The maximum absolute atomic E-state index is 13.2. The zero-order valence-corrected chi connectivity index (χ0v) is 18.8. The van der Waals surface area contributed by atoms with E-state index in [9.17, 15) is 14.0 Å². The zero-order chi connectivity index (χ0) is 22.8. The summed E-state index contributed by atoms with van der Waals surface area (Å²) in [5.74, 6) is -0.810. The third-order valence-corrected chi connectivity index (χ3v) is 6.06. The molecule has 2 amide bonds. The summed E-state index contributed by atoms with van der Waals surface area (Å²) in [4.78, 5) is 26.9. The second-order valence-corrected chi connectivity index (χ2v) is 8.86. The second-order valence-electron chi connectivity index (χ2n) is 7.83. The summed E-state index contributed by atoms with van der Waals surface area (Å²) in [5.41, 5.74) is 2.60. The lowest BCUT2D eigenvalue weighted by Gasteiger charge is -2.12. The number of nitrogens with one attached hydrogen (secondary N) is 2. The Labute approximate surface area is 189 Å². The van der Waals surface area contributed by atoms with Gasteiger partial charge in [-0.15, -0.1) is 11.3 Å². The van der Waals surface area contributed by atoms with Crippen molar-refractivity contribution < 1.29 is 14.0 Å². The van der Waals surface area contributed by atoms with E-state index < -0.39 is 0 Å². The van der Waals surface area contributed by atoms with Crippen molar-refractivity contribution in [3.63, 3.8) is 0 Å². The van der Waals surface area contributed by atoms with Gasteiger partial charge in [-0.1, -0.05) is 24.3 Å². The van der Waals surface area contributed by atoms with Crippen LogP contribution in [0, 0.1) is 12.7 Å². The lowest BCUT2D eigenvalue weighted by atomic mass is 10.1. The minimum absolute atomic E-state index is 0.0131. The van der Waals surface area contributed by atoms with Crippen molar-refractivity contribution in [2.24, 2.45) is 0 Å². The Morgan fingerprint density at radius 3 is 2.53 bits per heavy atom. The predicted molar refractivity (Wildman–Crippen MR) is 125 cm³/mol. The third-order valence-electron chi connectivity index (χ3n) is 4.92. The van der Waals surface area contributed by atoms with Crippen molar-refractivity contribution in [3.8, 4) is 0 Å². The lowest BCUT2D eigenvalue weighted by Crippen LogP contribution is -2.31. The summed E-state index contributed by atoms with van der Waals surface area (Å²) in [7, 11) is 0. The molecular weight excluding hydrogens is 427 g/mol. The number of aryl methyl sites for hydroxylation is 1. The molecule has 8 heteroatoms. The molecule has 2 aromatic carbocycles. The average molecular weight is 451 g/mol. The smallest absolute Gasteiger partial charge is 0.265 e. The fourth-order valence-corrected chi connectivity index (χ4v) is 4.46. The van der Waals surface area contributed by atoms with Crippen LogP contribution in [0.1, 0.15) is 45.1 Å². The molecule has 0 aliphatic heterocycles. The number of halogens is 1. The highest BCUT2D eigenvalue weighted by atomic mass is 32.1. The van der Waals surface area contributed by atoms with E-state index in [-0.39, 0.29) is 23.7 Å². The Hall–Kier alpha value is -3.52. The molecule has 6 nitrogen and oxygen atoms in total. The highest BCUT2D eigenvalue weighted by Crippen LogP contribution is 2.30. The van der Waals surface area contributed by atoms with Crippen LogP contribution in [0.3, 0.4) is 0 Å². The fraction of sp³-hybridized carbons (Fsp3) is 0.208. The normalized spacial score (nSPS) is 11.2. The average Bonchev–Trinajstić information content (AvgIpc) is 3.31. The molecule has 2 heterocycles. The molecule has 0 spiro atoms. The van der Waals surface area contributed by atoms with Crippen LogP contribution in [0.25, 0.3) is 10.2 Å². The van der Waals surface area contributed by atoms with Gasteiger partial charge in [-0.2, -0.15) is 5.10 Å². The van der Waals surface area contributed by atoms with E-state index in [0.29, 0.717) is 22.7 Å². The Bertz CT molecular complexity index is 1290. The molecule has 2 aromatic heterocycles. The highest BCUT2D eigenvalue weighted by molar-refractivity contribution is 7.20. The molecule has 0 bridgehead atoms.